The van der Waals surface area contributed by atoms with Crippen LogP contribution in [0.1, 0.15) is 28.9 Å². The molecule has 0 aliphatic rings. The van der Waals surface area contributed by atoms with Gasteiger partial charge in [-0.05, 0) is 36.8 Å². The van der Waals surface area contributed by atoms with Gasteiger partial charge < -0.3 is 5.32 Å². The lowest BCUT2D eigenvalue weighted by molar-refractivity contribution is -0.117. The van der Waals surface area contributed by atoms with E-state index in [4.69, 9.17) is 0 Å². The van der Waals surface area contributed by atoms with Crippen molar-refractivity contribution in [1.29, 1.82) is 0 Å². The maximum atomic E-state index is 13.2. The van der Waals surface area contributed by atoms with Crippen molar-refractivity contribution >= 4 is 50.2 Å². The van der Waals surface area contributed by atoms with E-state index < -0.39 is 22.0 Å². The smallest absolute Gasteiger partial charge is 0.247 e. The van der Waals surface area contributed by atoms with Crippen LogP contribution in [0.3, 0.4) is 0 Å². The molecule has 0 saturated heterocycles. The maximum Gasteiger partial charge on any atom is 0.247 e. The Morgan fingerprint density at radius 2 is 1.69 bits per heavy atom. The Morgan fingerprint density at radius 3 is 2.44 bits per heavy atom. The number of anilines is 1. The zero-order chi connectivity index (χ0) is 22.7. The van der Waals surface area contributed by atoms with Gasteiger partial charge in [-0.2, -0.15) is 13.5 Å². The van der Waals surface area contributed by atoms with Crippen molar-refractivity contribution in [3.8, 4) is 0 Å². The highest BCUT2D eigenvalue weighted by molar-refractivity contribution is 7.89. The minimum atomic E-state index is -4.12. The second-order valence-electron chi connectivity index (χ2n) is 6.98. The number of carbonyl (C=O) groups is 2. The Labute approximate surface area is 188 Å². The minimum Gasteiger partial charge on any atom is -0.324 e. The lowest BCUT2D eigenvalue weighted by Gasteiger charge is -2.19. The van der Waals surface area contributed by atoms with Gasteiger partial charge in [0.25, 0.3) is 0 Å². The molecule has 3 aromatic carbocycles. The van der Waals surface area contributed by atoms with Gasteiger partial charge >= 0.3 is 0 Å². The molecule has 8 nitrogen and oxygen atoms in total. The van der Waals surface area contributed by atoms with Gasteiger partial charge in [0, 0.05) is 11.3 Å². The monoisotopic (exact) mass is 466 g/mol. The van der Waals surface area contributed by atoms with E-state index in [9.17, 15) is 18.0 Å². The summed E-state index contributed by atoms with van der Waals surface area (Å²) in [5.74, 6) is -0.740. The van der Waals surface area contributed by atoms with Gasteiger partial charge in [0.1, 0.15) is 22.0 Å². The molecular weight excluding hydrogens is 448 g/mol. The number of nitrogens with zero attached hydrogens (tertiary/aromatic N) is 2. The molecule has 0 radical (unpaired) electrons. The number of carbonyl (C=O) groups excluding carboxylic acids is 2. The van der Waals surface area contributed by atoms with Gasteiger partial charge in [0.2, 0.25) is 15.9 Å². The molecule has 4 aromatic rings. The number of aromatic nitrogens is 2. The van der Waals surface area contributed by atoms with Crippen molar-refractivity contribution in [2.45, 2.75) is 17.9 Å². The molecule has 0 fully saturated rings. The molecule has 1 atom stereocenters. The highest BCUT2D eigenvalue weighted by Gasteiger charge is 2.29. The Balaban J connectivity index is 1.68. The number of amides is 1. The maximum absolute atomic E-state index is 13.2. The predicted octanol–water partition coefficient (Wildman–Crippen LogP) is 3.55. The molecule has 1 amide bonds. The number of sulfonamides is 1. The summed E-state index contributed by atoms with van der Waals surface area (Å²) in [5.41, 5.74) is 1.97. The lowest BCUT2D eigenvalue weighted by atomic mass is 10.1. The Hall–Kier alpha value is -3.47. The van der Waals surface area contributed by atoms with Crippen molar-refractivity contribution in [3.63, 3.8) is 0 Å². The number of benzene rings is 3. The number of ketones is 1. The zero-order valence-electron chi connectivity index (χ0n) is 16.8. The predicted molar refractivity (Wildman–Crippen MR) is 122 cm³/mol. The Morgan fingerprint density at radius 1 is 0.938 bits per heavy atom. The molecule has 1 aromatic heterocycles. The van der Waals surface area contributed by atoms with Crippen LogP contribution in [-0.2, 0) is 14.8 Å². The van der Waals surface area contributed by atoms with E-state index in [-0.39, 0.29) is 16.2 Å². The summed E-state index contributed by atoms with van der Waals surface area (Å²) in [6.07, 6.45) is 0. The van der Waals surface area contributed by atoms with Crippen LogP contribution in [0, 0.1) is 0 Å². The molecule has 10 heteroatoms. The van der Waals surface area contributed by atoms with E-state index in [1.807, 2.05) is 0 Å². The number of Topliss-reactive ketones (excluding diaryl/α,β-unsaturated/α-hetero) is 1. The fraction of sp³-hybridized carbons (Fsp3) is 0.0909. The fourth-order valence-electron chi connectivity index (χ4n) is 3.17. The van der Waals surface area contributed by atoms with Crippen LogP contribution in [0.15, 0.2) is 77.7 Å². The highest BCUT2D eigenvalue weighted by atomic mass is 32.2. The second-order valence-corrected chi connectivity index (χ2v) is 9.19. The first-order valence-electron chi connectivity index (χ1n) is 9.55. The number of rotatable bonds is 7. The summed E-state index contributed by atoms with van der Waals surface area (Å²) >= 11 is 0.911. The molecule has 0 aliphatic carbocycles. The lowest BCUT2D eigenvalue weighted by Crippen LogP contribution is -2.37. The van der Waals surface area contributed by atoms with Crippen LogP contribution in [0.25, 0.3) is 11.0 Å². The molecular formula is C22H18N4O4S2. The highest BCUT2D eigenvalue weighted by Crippen LogP contribution is 2.24. The van der Waals surface area contributed by atoms with Gasteiger partial charge in [0.15, 0.2) is 5.78 Å². The Bertz CT molecular complexity index is 1400. The molecule has 1 heterocycles. The molecule has 0 bridgehead atoms. The van der Waals surface area contributed by atoms with Crippen molar-refractivity contribution in [2.75, 3.05) is 5.32 Å². The quantitative estimate of drug-likeness (QED) is 0.402. The molecule has 32 heavy (non-hydrogen) atoms. The van der Waals surface area contributed by atoms with E-state index in [0.29, 0.717) is 22.3 Å². The van der Waals surface area contributed by atoms with E-state index >= 15 is 0 Å². The third kappa shape index (κ3) is 4.57. The number of hydrogen-bond donors (Lipinski definition) is 2. The van der Waals surface area contributed by atoms with Crippen molar-refractivity contribution in [1.82, 2.24) is 13.5 Å². The molecule has 0 aliphatic heterocycles. The summed E-state index contributed by atoms with van der Waals surface area (Å²) in [7, 11) is -4.12. The van der Waals surface area contributed by atoms with Gasteiger partial charge in [-0.3, -0.25) is 9.59 Å². The van der Waals surface area contributed by atoms with E-state index in [2.05, 4.69) is 18.8 Å². The third-order valence-corrected chi connectivity index (χ3v) is 6.74. The van der Waals surface area contributed by atoms with Crippen LogP contribution in [0.2, 0.25) is 0 Å². The molecule has 2 N–H and O–H groups in total. The van der Waals surface area contributed by atoms with Crippen molar-refractivity contribution < 1.29 is 18.0 Å². The molecule has 0 saturated carbocycles. The largest absolute Gasteiger partial charge is 0.324 e. The van der Waals surface area contributed by atoms with Crippen molar-refractivity contribution in [2.24, 2.45) is 0 Å². The minimum absolute atomic E-state index is 0.0592. The summed E-state index contributed by atoms with van der Waals surface area (Å²) < 4.78 is 37.1. The molecule has 1 unspecified atom stereocenters. The van der Waals surface area contributed by atoms with Crippen LogP contribution < -0.4 is 10.0 Å². The van der Waals surface area contributed by atoms with Crippen LogP contribution in [0.4, 0.5) is 5.69 Å². The van der Waals surface area contributed by atoms with Gasteiger partial charge in [0.05, 0.1) is 11.7 Å². The van der Waals surface area contributed by atoms with Gasteiger partial charge in [-0.25, -0.2) is 8.42 Å². The molecule has 162 valence electrons. The summed E-state index contributed by atoms with van der Waals surface area (Å²) in [6.45, 7) is 1.43. The normalized spacial score (nSPS) is 12.4. The van der Waals surface area contributed by atoms with E-state index in [1.54, 1.807) is 66.7 Å². The average Bonchev–Trinajstić information content (AvgIpc) is 3.27. The summed E-state index contributed by atoms with van der Waals surface area (Å²) in [5, 5.41) is 2.70. The summed E-state index contributed by atoms with van der Waals surface area (Å²) in [6, 6.07) is 18.4. The SMILES string of the molecule is CC(=O)c1cccc(NC(=O)C(NS(=O)(=O)c2cccc3nsnc23)c2ccccc2)c1. The zero-order valence-corrected chi connectivity index (χ0v) is 18.5. The number of nitrogens with one attached hydrogen (secondary N) is 2. The Kier molecular flexibility index (Phi) is 6.08. The average molecular weight is 467 g/mol. The van der Waals surface area contributed by atoms with Crippen LogP contribution in [-0.4, -0.2) is 28.9 Å². The topological polar surface area (TPSA) is 118 Å². The van der Waals surface area contributed by atoms with Crippen LogP contribution in [0.5, 0.6) is 0 Å². The first-order chi connectivity index (χ1) is 15.3. The molecule has 0 spiro atoms. The fourth-order valence-corrected chi connectivity index (χ4v) is 5.12. The summed E-state index contributed by atoms with van der Waals surface area (Å²) in [4.78, 5) is 24.8. The first-order valence-corrected chi connectivity index (χ1v) is 11.8. The third-order valence-electron chi connectivity index (χ3n) is 4.74. The number of fused-ring (bicyclic) bond motifs is 1. The van der Waals surface area contributed by atoms with E-state index in [1.165, 1.54) is 13.0 Å². The van der Waals surface area contributed by atoms with Crippen molar-refractivity contribution in [3.05, 3.63) is 83.9 Å². The van der Waals surface area contributed by atoms with Gasteiger partial charge in [-0.15, -0.1) is 0 Å². The number of hydrogen-bond acceptors (Lipinski definition) is 7. The van der Waals surface area contributed by atoms with Crippen LogP contribution >= 0.6 is 11.7 Å². The van der Waals surface area contributed by atoms with E-state index in [0.717, 1.165) is 11.7 Å². The standard InChI is InChI=1S/C22H18N4O4S2/c1-14(27)16-9-5-10-17(13-16)23-22(28)20(15-7-3-2-4-8-15)26-32(29,30)19-12-6-11-18-21(19)25-31-24-18/h2-13,20,26H,1H3,(H,23,28). The first kappa shape index (κ1) is 21.8. The second kappa shape index (κ2) is 8.95. The van der Waals surface area contributed by atoms with Gasteiger partial charge in [-0.1, -0.05) is 48.5 Å². The molecule has 4 rings (SSSR count).